The van der Waals surface area contributed by atoms with Crippen LogP contribution in [0.3, 0.4) is 0 Å². The third kappa shape index (κ3) is 4.59. The third-order valence-electron chi connectivity index (χ3n) is 3.73. The molecule has 0 bridgehead atoms. The monoisotopic (exact) mass is 329 g/mol. The van der Waals surface area contributed by atoms with E-state index in [1.807, 2.05) is 0 Å². The molecule has 0 atom stereocenters. The molecule has 4 nitrogen and oxygen atoms in total. The molecule has 22 heavy (non-hydrogen) atoms. The summed E-state index contributed by atoms with van der Waals surface area (Å²) >= 11 is 5.17. The zero-order chi connectivity index (χ0) is 16.2. The smallest absolute Gasteiger partial charge is 0.170 e. The summed E-state index contributed by atoms with van der Waals surface area (Å²) in [5.74, 6) is -1.29. The van der Waals surface area contributed by atoms with Crippen molar-refractivity contribution in [1.82, 2.24) is 10.2 Å². The Morgan fingerprint density at radius 1 is 1.32 bits per heavy atom. The molecule has 2 rings (SSSR count). The minimum Gasteiger partial charge on any atom is -0.379 e. The van der Waals surface area contributed by atoms with Gasteiger partial charge in [0.25, 0.3) is 0 Å². The van der Waals surface area contributed by atoms with Gasteiger partial charge in [-0.25, -0.2) is 8.78 Å². The summed E-state index contributed by atoms with van der Waals surface area (Å²) in [5, 5.41) is 6.15. The van der Waals surface area contributed by atoms with Gasteiger partial charge in [0.05, 0.1) is 18.9 Å². The van der Waals surface area contributed by atoms with Crippen LogP contribution in [0.1, 0.15) is 13.8 Å². The summed E-state index contributed by atoms with van der Waals surface area (Å²) in [6.07, 6.45) is 0. The third-order valence-corrected chi connectivity index (χ3v) is 3.97. The van der Waals surface area contributed by atoms with Crippen molar-refractivity contribution >= 4 is 23.0 Å². The molecule has 0 aromatic heterocycles. The van der Waals surface area contributed by atoms with Crippen LogP contribution in [0.15, 0.2) is 18.2 Å². The molecule has 122 valence electrons. The predicted octanol–water partition coefficient (Wildman–Crippen LogP) is 2.36. The molecule has 1 fully saturated rings. The van der Waals surface area contributed by atoms with E-state index in [2.05, 4.69) is 29.4 Å². The van der Waals surface area contributed by atoms with Crippen LogP contribution in [0.5, 0.6) is 0 Å². The summed E-state index contributed by atoms with van der Waals surface area (Å²) in [7, 11) is 0. The second-order valence-corrected chi connectivity index (χ2v) is 6.25. The summed E-state index contributed by atoms with van der Waals surface area (Å²) in [6, 6.07) is 3.33. The number of nitrogens with one attached hydrogen (secondary N) is 2. The molecule has 0 unspecified atom stereocenters. The number of hydrogen-bond acceptors (Lipinski definition) is 3. The van der Waals surface area contributed by atoms with E-state index in [4.69, 9.17) is 17.0 Å². The Morgan fingerprint density at radius 3 is 2.64 bits per heavy atom. The number of halogens is 2. The Labute approximate surface area is 134 Å². The van der Waals surface area contributed by atoms with Crippen molar-refractivity contribution in [2.24, 2.45) is 0 Å². The van der Waals surface area contributed by atoms with Gasteiger partial charge < -0.3 is 15.4 Å². The first-order valence-corrected chi connectivity index (χ1v) is 7.62. The van der Waals surface area contributed by atoms with Crippen LogP contribution < -0.4 is 10.6 Å². The maximum absolute atomic E-state index is 13.6. The van der Waals surface area contributed by atoms with Gasteiger partial charge in [0, 0.05) is 31.2 Å². The summed E-state index contributed by atoms with van der Waals surface area (Å²) < 4.78 is 31.8. The molecule has 0 amide bonds. The Hall–Kier alpha value is -1.31. The first kappa shape index (κ1) is 17.1. The average Bonchev–Trinajstić information content (AvgIpc) is 2.49. The molecule has 2 N–H and O–H groups in total. The van der Waals surface area contributed by atoms with Crippen molar-refractivity contribution in [3.05, 3.63) is 29.8 Å². The van der Waals surface area contributed by atoms with Gasteiger partial charge in [-0.05, 0) is 38.2 Å². The molecule has 0 aliphatic carbocycles. The minimum absolute atomic E-state index is 0.100. The van der Waals surface area contributed by atoms with Crippen molar-refractivity contribution < 1.29 is 13.5 Å². The molecule has 7 heteroatoms. The number of morpholine rings is 1. The fourth-order valence-corrected chi connectivity index (χ4v) is 2.52. The topological polar surface area (TPSA) is 36.5 Å². The van der Waals surface area contributed by atoms with Gasteiger partial charge in [0.2, 0.25) is 0 Å². The largest absolute Gasteiger partial charge is 0.379 e. The van der Waals surface area contributed by atoms with Crippen LogP contribution in [0.2, 0.25) is 0 Å². The van der Waals surface area contributed by atoms with E-state index in [1.165, 1.54) is 12.1 Å². The summed E-state index contributed by atoms with van der Waals surface area (Å²) in [5.41, 5.74) is 0.0553. The van der Waals surface area contributed by atoms with Crippen LogP contribution >= 0.6 is 12.2 Å². The van der Waals surface area contributed by atoms with E-state index in [9.17, 15) is 8.78 Å². The van der Waals surface area contributed by atoms with Crippen molar-refractivity contribution in [1.29, 1.82) is 0 Å². The number of nitrogens with zero attached hydrogens (tertiary/aromatic N) is 1. The molecule has 1 aromatic carbocycles. The predicted molar refractivity (Wildman–Crippen MR) is 87.1 cm³/mol. The maximum atomic E-state index is 13.6. The van der Waals surface area contributed by atoms with Crippen molar-refractivity contribution in [3.8, 4) is 0 Å². The fraction of sp³-hybridized carbons (Fsp3) is 0.533. The Morgan fingerprint density at radius 2 is 2.00 bits per heavy atom. The van der Waals surface area contributed by atoms with Gasteiger partial charge in [-0.2, -0.15) is 0 Å². The van der Waals surface area contributed by atoms with E-state index in [0.29, 0.717) is 11.7 Å². The second kappa shape index (κ2) is 7.30. The molecule has 1 saturated heterocycles. The van der Waals surface area contributed by atoms with Crippen molar-refractivity contribution in [2.75, 3.05) is 38.2 Å². The van der Waals surface area contributed by atoms with Gasteiger partial charge in [0.15, 0.2) is 5.11 Å². The van der Waals surface area contributed by atoms with Crippen LogP contribution in [0.25, 0.3) is 0 Å². The minimum atomic E-state index is -0.670. The van der Waals surface area contributed by atoms with Crippen molar-refractivity contribution in [3.63, 3.8) is 0 Å². The van der Waals surface area contributed by atoms with Crippen LogP contribution in [0, 0.1) is 11.6 Å². The summed E-state index contributed by atoms with van der Waals surface area (Å²) in [4.78, 5) is 2.32. The van der Waals surface area contributed by atoms with Crippen LogP contribution in [-0.4, -0.2) is 48.4 Å². The lowest BCUT2D eigenvalue weighted by molar-refractivity contribution is -0.00823. The lowest BCUT2D eigenvalue weighted by Gasteiger charge is -2.41. The molecular formula is C15H21F2N3OS. The van der Waals surface area contributed by atoms with Gasteiger partial charge in [-0.15, -0.1) is 0 Å². The highest BCUT2D eigenvalue weighted by atomic mass is 32.1. The summed E-state index contributed by atoms with van der Waals surface area (Å²) in [6.45, 7) is 8.06. The quantitative estimate of drug-likeness (QED) is 0.830. The van der Waals surface area contributed by atoms with Gasteiger partial charge in [0.1, 0.15) is 11.6 Å². The standard InChI is InChI=1S/C15H21F2N3OS/c1-15(2,20-5-7-21-8-6-20)10-18-14(22)19-13-4-3-11(16)9-12(13)17/h3-4,9H,5-8,10H2,1-2H3,(H2,18,19,22). The Kier molecular flexibility index (Phi) is 5.66. The van der Waals surface area contributed by atoms with Gasteiger partial charge >= 0.3 is 0 Å². The second-order valence-electron chi connectivity index (χ2n) is 5.84. The average molecular weight is 329 g/mol. The fourth-order valence-electron chi connectivity index (χ4n) is 2.33. The van der Waals surface area contributed by atoms with E-state index in [-0.39, 0.29) is 11.2 Å². The highest BCUT2D eigenvalue weighted by molar-refractivity contribution is 7.80. The van der Waals surface area contributed by atoms with E-state index in [0.717, 1.165) is 32.4 Å². The number of anilines is 1. The number of ether oxygens (including phenoxy) is 1. The lowest BCUT2D eigenvalue weighted by atomic mass is 10.0. The van der Waals surface area contributed by atoms with E-state index in [1.54, 1.807) is 0 Å². The molecule has 0 spiro atoms. The molecular weight excluding hydrogens is 308 g/mol. The Bertz CT molecular complexity index is 534. The van der Waals surface area contributed by atoms with Gasteiger partial charge in [-0.1, -0.05) is 0 Å². The highest BCUT2D eigenvalue weighted by Crippen LogP contribution is 2.16. The van der Waals surface area contributed by atoms with Gasteiger partial charge in [-0.3, -0.25) is 4.90 Å². The zero-order valence-electron chi connectivity index (χ0n) is 12.8. The van der Waals surface area contributed by atoms with E-state index < -0.39 is 11.6 Å². The number of hydrogen-bond donors (Lipinski definition) is 2. The molecule has 1 aliphatic heterocycles. The van der Waals surface area contributed by atoms with Crippen LogP contribution in [-0.2, 0) is 4.74 Å². The number of rotatable bonds is 4. The Balaban J connectivity index is 1.86. The highest BCUT2D eigenvalue weighted by Gasteiger charge is 2.28. The zero-order valence-corrected chi connectivity index (χ0v) is 13.6. The normalized spacial score (nSPS) is 16.4. The van der Waals surface area contributed by atoms with Crippen molar-refractivity contribution in [2.45, 2.75) is 19.4 Å². The van der Waals surface area contributed by atoms with Crippen LogP contribution in [0.4, 0.5) is 14.5 Å². The maximum Gasteiger partial charge on any atom is 0.170 e. The molecule has 1 aliphatic rings. The molecule has 0 saturated carbocycles. The number of benzene rings is 1. The molecule has 0 radical (unpaired) electrons. The number of thiocarbonyl (C=S) groups is 1. The van der Waals surface area contributed by atoms with E-state index >= 15 is 0 Å². The SMILES string of the molecule is CC(C)(CNC(=S)Nc1ccc(F)cc1F)N1CCOCC1. The first-order valence-electron chi connectivity index (χ1n) is 7.21. The molecule has 1 heterocycles. The molecule has 1 aromatic rings. The lowest BCUT2D eigenvalue weighted by Crippen LogP contribution is -2.55. The first-order chi connectivity index (χ1) is 10.4.